The summed E-state index contributed by atoms with van der Waals surface area (Å²) in [6, 6.07) is 0. The van der Waals surface area contributed by atoms with Crippen molar-refractivity contribution in [3.05, 3.63) is 72.9 Å². The summed E-state index contributed by atoms with van der Waals surface area (Å²) in [5.74, 6) is -5.49. The molecule has 0 amide bonds. The van der Waals surface area contributed by atoms with E-state index in [0.29, 0.717) is 0 Å². The topological polar surface area (TPSA) is 241 Å². The summed E-state index contributed by atoms with van der Waals surface area (Å²) in [5, 5.41) is 61.3. The van der Waals surface area contributed by atoms with E-state index in [-0.39, 0.29) is 69.6 Å². The van der Waals surface area contributed by atoms with E-state index in [4.69, 9.17) is 0 Å². The van der Waals surface area contributed by atoms with E-state index in [2.05, 4.69) is 114 Å². The number of allylic oxidation sites excluding steroid dienone is 12. The number of carbonyl (C=O) groups is 6. The van der Waals surface area contributed by atoms with Crippen LogP contribution in [0.2, 0.25) is 0 Å². The van der Waals surface area contributed by atoms with Crippen LogP contribution in [0.4, 0.5) is 0 Å². The number of rotatable bonds is 90. The molecule has 0 spiro atoms. The number of hydrogen-bond acceptors (Lipinski definition) is 12. The first kappa shape index (κ1) is 130. The van der Waals surface area contributed by atoms with Crippen LogP contribution in [0, 0.1) is 31.1 Å². The molecule has 0 unspecified atom stereocenters. The molecule has 0 aliphatic rings. The first-order valence-corrected chi connectivity index (χ1v) is 51.7. The van der Waals surface area contributed by atoms with E-state index < -0.39 is 35.8 Å². The maximum absolute atomic E-state index is 10.2. The van der Waals surface area contributed by atoms with Crippen molar-refractivity contribution in [3.63, 3.8) is 0 Å². The monoisotopic (exact) mass is 1930 g/mol. The number of aliphatic carboxylic acids is 6. The molecule has 12 nitrogen and oxygen atoms in total. The van der Waals surface area contributed by atoms with E-state index in [0.717, 1.165) is 116 Å². The van der Waals surface area contributed by atoms with Gasteiger partial charge in [0, 0.05) is 66.9 Å². The van der Waals surface area contributed by atoms with Gasteiger partial charge >= 0.3 is 0 Å². The summed E-state index contributed by atoms with van der Waals surface area (Å²) in [5.41, 5.74) is 0. The molecule has 0 atom stereocenters. The number of carbonyl (C=O) groups excluding carboxylic acids is 6. The molecule has 0 rings (SSSR count). The first-order chi connectivity index (χ1) is 58.6. The van der Waals surface area contributed by atoms with E-state index in [1.165, 1.54) is 385 Å². The van der Waals surface area contributed by atoms with Gasteiger partial charge in [-0.25, -0.2) is 0 Å². The van der Waals surface area contributed by atoms with Crippen molar-refractivity contribution >= 4 is 35.8 Å². The Morgan fingerprint density at radius 3 is 0.289 bits per heavy atom. The summed E-state index contributed by atoms with van der Waals surface area (Å²) in [6.45, 7) is 13.5. The second-order valence-corrected chi connectivity index (χ2v) is 34.2. The molecule has 712 valence electrons. The molecule has 0 bridgehead atoms. The van der Waals surface area contributed by atoms with Gasteiger partial charge in [0.25, 0.3) is 0 Å². The molecule has 0 aromatic carbocycles. The molecule has 121 heavy (non-hydrogen) atoms. The van der Waals surface area contributed by atoms with Crippen molar-refractivity contribution in [1.29, 1.82) is 0 Å². The minimum atomic E-state index is -0.914. The smallest absolute Gasteiger partial charge is 0.0414 e. The van der Waals surface area contributed by atoms with Gasteiger partial charge in [0.2, 0.25) is 0 Å². The maximum Gasteiger partial charge on any atom is 0.0414 e. The van der Waals surface area contributed by atoms with Gasteiger partial charge in [0.15, 0.2) is 0 Å². The van der Waals surface area contributed by atoms with Gasteiger partial charge < -0.3 is 59.4 Å². The van der Waals surface area contributed by atoms with Crippen molar-refractivity contribution in [2.45, 2.75) is 581 Å². The van der Waals surface area contributed by atoms with Gasteiger partial charge in [-0.15, -0.1) is 0 Å². The van der Waals surface area contributed by atoms with Gasteiger partial charge in [0.1, 0.15) is 0 Å². The fraction of sp³-hybridized carbons (Fsp3) is 0.833. The average Bonchev–Trinajstić information content (AvgIpc) is 1.37. The Morgan fingerprint density at radius 1 is 0.132 bits per heavy atom. The molecule has 0 aromatic heterocycles. The van der Waals surface area contributed by atoms with E-state index in [1.807, 2.05) is 0 Å². The van der Waals surface area contributed by atoms with Crippen LogP contribution in [-0.4, -0.2) is 35.8 Å². The molecule has 0 aromatic rings. The van der Waals surface area contributed by atoms with Crippen molar-refractivity contribution < 1.29 is 90.5 Å². The van der Waals surface area contributed by atoms with Gasteiger partial charge in [0.05, 0.1) is 0 Å². The Hall–Kier alpha value is -3.69. The third-order valence-corrected chi connectivity index (χ3v) is 21.9. The van der Waals surface area contributed by atoms with E-state index in [9.17, 15) is 59.4 Å². The molecule has 0 aliphatic carbocycles. The number of hydrogen-bond donors (Lipinski definition) is 0. The van der Waals surface area contributed by atoms with Crippen molar-refractivity contribution in [3.8, 4) is 0 Å². The Bertz CT molecular complexity index is 1800. The summed E-state index contributed by atoms with van der Waals surface area (Å²) in [4.78, 5) is 61.3. The van der Waals surface area contributed by atoms with E-state index >= 15 is 0 Å². The van der Waals surface area contributed by atoms with Crippen LogP contribution in [0.15, 0.2) is 72.9 Å². The second kappa shape index (κ2) is 127. The predicted octanol–water partition coefficient (Wildman–Crippen LogP) is 28.6. The SMILES string of the molecule is CCCCCCCC/C=C\CCCCCCCC(=O)[O-].CCCCCCCC/C=C\CCCCCCCC(=O)[O-].CCCCCCCC/C=C\CCCCCCCC(=O)[O-].CCCCCCCC/C=C\CCCCCCCC(=O)[O-].CCCCCCCC/C=C\CCCCCCCC(=O)[O-].CCCCCCCC/C=C\CCCCCCCC(=O)[O-].[U]. The molecule has 0 radical (unpaired) electrons. The summed E-state index contributed by atoms with van der Waals surface area (Å²) < 4.78 is 0. The molecular weight excluding hydrogens is 1730 g/mol. The molecule has 0 aliphatic heterocycles. The predicted molar refractivity (Wildman–Crippen MR) is 507 cm³/mol. The zero-order valence-corrected chi connectivity index (χ0v) is 84.9. The van der Waals surface area contributed by atoms with Crippen LogP contribution in [0.1, 0.15) is 581 Å². The molecule has 13 heteroatoms. The number of unbranched alkanes of at least 4 members (excludes halogenated alkanes) is 66. The molecule has 0 saturated heterocycles. The molecule has 0 saturated carbocycles. The van der Waals surface area contributed by atoms with Crippen molar-refractivity contribution in [2.75, 3.05) is 0 Å². The zero-order valence-electron chi connectivity index (χ0n) is 80.7. The van der Waals surface area contributed by atoms with Crippen molar-refractivity contribution in [2.24, 2.45) is 0 Å². The summed E-state index contributed by atoms with van der Waals surface area (Å²) >= 11 is 0. The summed E-state index contributed by atoms with van der Waals surface area (Å²) in [6.07, 6.45) is 125. The van der Waals surface area contributed by atoms with Gasteiger partial charge in [-0.05, 0) is 231 Å². The van der Waals surface area contributed by atoms with Crippen LogP contribution < -0.4 is 30.6 Å². The largest absolute Gasteiger partial charge is 0.550 e. The number of carboxylic acid groups (broad SMARTS) is 6. The minimum Gasteiger partial charge on any atom is -0.550 e. The van der Waals surface area contributed by atoms with Crippen LogP contribution in [0.3, 0.4) is 0 Å². The van der Waals surface area contributed by atoms with Gasteiger partial charge in [-0.2, -0.15) is 0 Å². The number of carboxylic acids is 6. The zero-order chi connectivity index (χ0) is 89.3. The fourth-order valence-electron chi connectivity index (χ4n) is 14.0. The van der Waals surface area contributed by atoms with Crippen LogP contribution in [0.25, 0.3) is 0 Å². The second-order valence-electron chi connectivity index (χ2n) is 34.2. The average molecular weight is 1930 g/mol. The van der Waals surface area contributed by atoms with E-state index in [1.54, 1.807) is 0 Å². The fourth-order valence-corrected chi connectivity index (χ4v) is 14.0. The Morgan fingerprint density at radius 2 is 0.207 bits per heavy atom. The molecule has 0 N–H and O–H groups in total. The van der Waals surface area contributed by atoms with Crippen LogP contribution in [0.5, 0.6) is 0 Å². The normalized spacial score (nSPS) is 11.2. The Labute approximate surface area is 774 Å². The quantitative estimate of drug-likeness (QED) is 0.0408. The Balaban J connectivity index is -0.000000257. The maximum atomic E-state index is 10.2. The molecular formula is C108H198O12U-6. The van der Waals surface area contributed by atoms with Gasteiger partial charge in [-0.3, -0.25) is 0 Å². The third-order valence-electron chi connectivity index (χ3n) is 21.9. The summed E-state index contributed by atoms with van der Waals surface area (Å²) in [7, 11) is 0. The minimum absolute atomic E-state index is 0. The first-order valence-electron chi connectivity index (χ1n) is 51.7. The van der Waals surface area contributed by atoms with Crippen molar-refractivity contribution in [1.82, 2.24) is 0 Å². The third kappa shape index (κ3) is 157. The Kier molecular flexibility index (Phi) is 137. The molecule has 0 heterocycles. The van der Waals surface area contributed by atoms with Gasteiger partial charge in [-0.1, -0.05) is 423 Å². The van der Waals surface area contributed by atoms with Crippen LogP contribution >= 0.6 is 0 Å². The standard InChI is InChI=1S/6C18H34O2.U/c6*1-2-3-4-5-6-7-8-9-10-11-12-13-14-15-16-17-18(19)20;/h6*9-10H,2-8,11-17H2,1H3,(H,19,20);/p-6/b6*10-9-;. The molecule has 0 fully saturated rings. The van der Waals surface area contributed by atoms with Crippen LogP contribution in [-0.2, 0) is 28.8 Å².